The van der Waals surface area contributed by atoms with Gasteiger partial charge in [0.25, 0.3) is 5.91 Å². The molecule has 0 saturated heterocycles. The fourth-order valence-corrected chi connectivity index (χ4v) is 4.06. The van der Waals surface area contributed by atoms with E-state index in [0.29, 0.717) is 35.1 Å². The number of aliphatic hydroxyl groups excluding tert-OH is 1. The van der Waals surface area contributed by atoms with E-state index in [9.17, 15) is 14.7 Å². The third-order valence-corrected chi connectivity index (χ3v) is 5.49. The summed E-state index contributed by atoms with van der Waals surface area (Å²) in [4.78, 5) is 31.4. The predicted molar refractivity (Wildman–Crippen MR) is 110 cm³/mol. The van der Waals surface area contributed by atoms with E-state index in [1.54, 1.807) is 30.7 Å². The molecule has 1 aliphatic heterocycles. The summed E-state index contributed by atoms with van der Waals surface area (Å²) in [7, 11) is 0. The van der Waals surface area contributed by atoms with Crippen molar-refractivity contribution in [3.8, 4) is 0 Å². The van der Waals surface area contributed by atoms with Crippen molar-refractivity contribution in [2.24, 2.45) is 0 Å². The lowest BCUT2D eigenvalue weighted by Gasteiger charge is -2.27. The van der Waals surface area contributed by atoms with Gasteiger partial charge in [0.2, 0.25) is 5.78 Å². The van der Waals surface area contributed by atoms with E-state index >= 15 is 0 Å². The van der Waals surface area contributed by atoms with Crippen molar-refractivity contribution in [1.29, 1.82) is 0 Å². The molecule has 0 aliphatic carbocycles. The average molecular weight is 446 g/mol. The number of nitrogens with zero attached hydrogens (tertiary/aromatic N) is 3. The lowest BCUT2D eigenvalue weighted by atomic mass is 9.95. The topological polar surface area (TPSA) is 88.6 Å². The van der Waals surface area contributed by atoms with Gasteiger partial charge in [0, 0.05) is 35.5 Å². The standard InChI is InChI=1S/C21H17Cl2N3O4/c22-13-4-5-14(15(23)11-13)18-17(19(27)16-3-1-10-30-16)20(28)21(29)26(18)8-2-7-25-9-6-24-12-25/h1,3-6,9-12,18,28H,2,7-8H2/t18-/m0/s1. The van der Waals surface area contributed by atoms with E-state index in [1.807, 2.05) is 10.8 Å². The highest BCUT2D eigenvalue weighted by molar-refractivity contribution is 6.35. The summed E-state index contributed by atoms with van der Waals surface area (Å²) in [6.45, 7) is 0.909. The molecule has 0 unspecified atom stereocenters. The zero-order chi connectivity index (χ0) is 21.3. The summed E-state index contributed by atoms with van der Waals surface area (Å²) in [6.07, 6.45) is 7.11. The number of Topliss-reactive ketones (excluding diaryl/α,β-unsaturated/α-hetero) is 1. The monoisotopic (exact) mass is 445 g/mol. The SMILES string of the molecule is O=C(C1=C(O)C(=O)N(CCCn2ccnc2)[C@H]1c1ccc(Cl)cc1Cl)c1ccco1. The molecule has 154 valence electrons. The molecule has 1 amide bonds. The van der Waals surface area contributed by atoms with Crippen LogP contribution in [-0.2, 0) is 11.3 Å². The third-order valence-electron chi connectivity index (χ3n) is 4.92. The van der Waals surface area contributed by atoms with Crippen molar-refractivity contribution in [2.45, 2.75) is 19.0 Å². The van der Waals surface area contributed by atoms with Crippen LogP contribution in [-0.4, -0.2) is 37.8 Å². The molecule has 0 bridgehead atoms. The molecule has 0 fully saturated rings. The number of ketones is 1. The number of halogens is 2. The van der Waals surface area contributed by atoms with E-state index in [2.05, 4.69) is 4.98 Å². The smallest absolute Gasteiger partial charge is 0.290 e. The van der Waals surface area contributed by atoms with Gasteiger partial charge in [-0.2, -0.15) is 0 Å². The Hall–Kier alpha value is -3.03. The Labute approximate surface area is 182 Å². The molecule has 0 radical (unpaired) electrons. The largest absolute Gasteiger partial charge is 0.503 e. The van der Waals surface area contributed by atoms with Crippen LogP contribution >= 0.6 is 23.2 Å². The molecule has 3 heterocycles. The Morgan fingerprint density at radius 3 is 2.73 bits per heavy atom. The van der Waals surface area contributed by atoms with Gasteiger partial charge in [0.1, 0.15) is 0 Å². The molecule has 9 heteroatoms. The number of carbonyl (C=O) groups is 2. The normalized spacial score (nSPS) is 16.5. The number of aryl methyl sites for hydroxylation is 1. The van der Waals surface area contributed by atoms with Gasteiger partial charge >= 0.3 is 0 Å². The van der Waals surface area contributed by atoms with Crippen LogP contribution in [0.25, 0.3) is 0 Å². The lowest BCUT2D eigenvalue weighted by molar-refractivity contribution is -0.129. The van der Waals surface area contributed by atoms with Crippen LogP contribution in [0.15, 0.2) is 71.1 Å². The molecule has 1 aromatic carbocycles. The second-order valence-electron chi connectivity index (χ2n) is 6.79. The molecule has 1 aliphatic rings. The number of imidazole rings is 1. The third kappa shape index (κ3) is 3.74. The Balaban J connectivity index is 1.70. The average Bonchev–Trinajstić information content (AvgIpc) is 3.46. The van der Waals surface area contributed by atoms with Crippen molar-refractivity contribution in [1.82, 2.24) is 14.5 Å². The fraction of sp³-hybridized carbons (Fsp3) is 0.190. The summed E-state index contributed by atoms with van der Waals surface area (Å²) in [5, 5.41) is 11.3. The van der Waals surface area contributed by atoms with Gasteiger partial charge in [-0.3, -0.25) is 9.59 Å². The maximum absolute atomic E-state index is 13.1. The Kier molecular flexibility index (Phi) is 5.65. The van der Waals surface area contributed by atoms with Crippen molar-refractivity contribution in [3.63, 3.8) is 0 Å². The molecule has 1 atom stereocenters. The molecule has 30 heavy (non-hydrogen) atoms. The van der Waals surface area contributed by atoms with Crippen LogP contribution in [0.3, 0.4) is 0 Å². The number of amides is 1. The number of benzene rings is 1. The zero-order valence-electron chi connectivity index (χ0n) is 15.7. The van der Waals surface area contributed by atoms with Crippen LogP contribution in [0.1, 0.15) is 28.6 Å². The van der Waals surface area contributed by atoms with Crippen molar-refractivity contribution < 1.29 is 19.1 Å². The van der Waals surface area contributed by atoms with Crippen molar-refractivity contribution in [3.05, 3.63) is 88.0 Å². The van der Waals surface area contributed by atoms with Gasteiger partial charge < -0.3 is 19.0 Å². The van der Waals surface area contributed by atoms with E-state index in [1.165, 1.54) is 23.3 Å². The summed E-state index contributed by atoms with van der Waals surface area (Å²) < 4.78 is 7.08. The van der Waals surface area contributed by atoms with Gasteiger partial charge in [0.05, 0.1) is 24.2 Å². The summed E-state index contributed by atoms with van der Waals surface area (Å²) in [6, 6.07) is 7.00. The van der Waals surface area contributed by atoms with Crippen molar-refractivity contribution >= 4 is 34.9 Å². The van der Waals surface area contributed by atoms with Gasteiger partial charge in [-0.05, 0) is 36.2 Å². The van der Waals surface area contributed by atoms with Crippen molar-refractivity contribution in [2.75, 3.05) is 6.54 Å². The van der Waals surface area contributed by atoms with Crippen LogP contribution in [0.4, 0.5) is 0 Å². The number of aromatic nitrogens is 2. The maximum atomic E-state index is 13.1. The van der Waals surface area contributed by atoms with Gasteiger partial charge in [-0.15, -0.1) is 0 Å². The van der Waals surface area contributed by atoms with E-state index in [4.69, 9.17) is 27.6 Å². The molecule has 0 saturated carbocycles. The Morgan fingerprint density at radius 1 is 1.23 bits per heavy atom. The summed E-state index contributed by atoms with van der Waals surface area (Å²) in [5.41, 5.74) is 0.429. The predicted octanol–water partition coefficient (Wildman–Crippen LogP) is 4.45. The maximum Gasteiger partial charge on any atom is 0.290 e. The van der Waals surface area contributed by atoms with E-state index in [0.717, 1.165) is 0 Å². The Bertz CT molecular complexity index is 1110. The molecule has 3 aromatic rings. The number of aliphatic hydroxyl groups is 1. The number of carbonyl (C=O) groups excluding carboxylic acids is 2. The molecule has 0 spiro atoms. The van der Waals surface area contributed by atoms with Crippen LogP contribution in [0.2, 0.25) is 10.0 Å². The molecular weight excluding hydrogens is 429 g/mol. The molecule has 1 N–H and O–H groups in total. The van der Waals surface area contributed by atoms with Crippen LogP contribution in [0, 0.1) is 0 Å². The van der Waals surface area contributed by atoms with E-state index in [-0.39, 0.29) is 11.3 Å². The minimum atomic E-state index is -0.859. The van der Waals surface area contributed by atoms with Gasteiger partial charge in [-0.1, -0.05) is 29.3 Å². The van der Waals surface area contributed by atoms with Gasteiger partial charge in [-0.25, -0.2) is 4.98 Å². The first-order chi connectivity index (χ1) is 14.5. The summed E-state index contributed by atoms with van der Waals surface area (Å²) in [5.74, 6) is -1.78. The van der Waals surface area contributed by atoms with Crippen LogP contribution in [0.5, 0.6) is 0 Å². The quantitative estimate of drug-likeness (QED) is 0.542. The molecule has 2 aromatic heterocycles. The Morgan fingerprint density at radius 2 is 2.07 bits per heavy atom. The lowest BCUT2D eigenvalue weighted by Crippen LogP contribution is -2.32. The summed E-state index contributed by atoms with van der Waals surface area (Å²) >= 11 is 12.4. The first-order valence-electron chi connectivity index (χ1n) is 9.20. The first-order valence-corrected chi connectivity index (χ1v) is 9.96. The zero-order valence-corrected chi connectivity index (χ0v) is 17.2. The molecule has 7 nitrogen and oxygen atoms in total. The number of hydrogen-bond acceptors (Lipinski definition) is 5. The highest BCUT2D eigenvalue weighted by atomic mass is 35.5. The number of rotatable bonds is 7. The second-order valence-corrected chi connectivity index (χ2v) is 7.63. The second kappa shape index (κ2) is 8.38. The van der Waals surface area contributed by atoms with Crippen LogP contribution < -0.4 is 0 Å². The van der Waals surface area contributed by atoms with Gasteiger partial charge in [0.15, 0.2) is 11.5 Å². The minimum absolute atomic E-state index is 0.0275. The highest BCUT2D eigenvalue weighted by Gasteiger charge is 2.44. The first kappa shape index (κ1) is 20.3. The van der Waals surface area contributed by atoms with E-state index < -0.39 is 23.5 Å². The molecule has 4 rings (SSSR count). The number of hydrogen-bond donors (Lipinski definition) is 1. The minimum Gasteiger partial charge on any atom is -0.503 e. The highest BCUT2D eigenvalue weighted by Crippen LogP contribution is 2.42. The molecular formula is C21H17Cl2N3O4. The fourth-order valence-electron chi connectivity index (χ4n) is 3.55. The number of furan rings is 1.